The first-order chi connectivity index (χ1) is 7.56. The lowest BCUT2D eigenvalue weighted by Crippen LogP contribution is -2.23. The van der Waals surface area contributed by atoms with Gasteiger partial charge in [0.2, 0.25) is 0 Å². The third-order valence-corrected chi connectivity index (χ3v) is 4.05. The third kappa shape index (κ3) is 1.95. The number of aryl methyl sites for hydroxylation is 1. The predicted octanol–water partition coefficient (Wildman–Crippen LogP) is 3.64. The molecule has 0 spiro atoms. The van der Waals surface area contributed by atoms with Crippen molar-refractivity contribution in [2.75, 3.05) is 0 Å². The number of nitrogens with zero attached hydrogens (tertiary/aromatic N) is 2. The van der Waals surface area contributed by atoms with Crippen LogP contribution in [0.5, 0.6) is 0 Å². The second-order valence-electron chi connectivity index (χ2n) is 5.46. The number of hydrogen-bond acceptors (Lipinski definition) is 2. The van der Waals surface area contributed by atoms with Crippen molar-refractivity contribution in [3.05, 3.63) is 10.6 Å². The Balaban J connectivity index is 2.39. The molecule has 1 heterocycles. The smallest absolute Gasteiger partial charge is 0.195 e. The molecular formula is C12H21N3S. The van der Waals surface area contributed by atoms with Crippen molar-refractivity contribution < 1.29 is 0 Å². The van der Waals surface area contributed by atoms with E-state index in [1.54, 1.807) is 0 Å². The minimum atomic E-state index is 0.352. The summed E-state index contributed by atoms with van der Waals surface area (Å²) in [6.45, 7) is 6.87. The Kier molecular flexibility index (Phi) is 3.19. The summed E-state index contributed by atoms with van der Waals surface area (Å²) in [7, 11) is 0. The van der Waals surface area contributed by atoms with E-state index in [-0.39, 0.29) is 0 Å². The molecule has 0 aromatic carbocycles. The van der Waals surface area contributed by atoms with Gasteiger partial charge in [-0.2, -0.15) is 5.10 Å². The van der Waals surface area contributed by atoms with Crippen LogP contribution < -0.4 is 0 Å². The van der Waals surface area contributed by atoms with E-state index in [2.05, 4.69) is 35.5 Å². The normalized spacial score (nSPS) is 23.8. The predicted molar refractivity (Wildman–Crippen MR) is 68.1 cm³/mol. The molecule has 1 unspecified atom stereocenters. The molecule has 2 rings (SSSR count). The van der Waals surface area contributed by atoms with Crippen LogP contribution in [0.4, 0.5) is 0 Å². The Morgan fingerprint density at radius 2 is 2.31 bits per heavy atom. The molecule has 1 fully saturated rings. The minimum absolute atomic E-state index is 0.352. The zero-order chi connectivity index (χ0) is 11.8. The van der Waals surface area contributed by atoms with Gasteiger partial charge in [-0.15, -0.1) is 0 Å². The average Bonchev–Trinajstić information content (AvgIpc) is 2.71. The summed E-state index contributed by atoms with van der Waals surface area (Å²) < 4.78 is 3.06. The topological polar surface area (TPSA) is 33.6 Å². The molecule has 1 aromatic rings. The van der Waals surface area contributed by atoms with Gasteiger partial charge in [0.25, 0.3) is 0 Å². The lowest BCUT2D eigenvalue weighted by Gasteiger charge is -2.28. The first-order valence-electron chi connectivity index (χ1n) is 6.22. The van der Waals surface area contributed by atoms with Gasteiger partial charge in [-0.05, 0) is 36.9 Å². The fraction of sp³-hybridized carbons (Fsp3) is 0.833. The van der Waals surface area contributed by atoms with Crippen molar-refractivity contribution in [3.63, 3.8) is 0 Å². The largest absolute Gasteiger partial charge is 0.300 e. The Bertz CT molecular complexity index is 416. The molecule has 3 nitrogen and oxygen atoms in total. The van der Waals surface area contributed by atoms with E-state index >= 15 is 0 Å². The highest BCUT2D eigenvalue weighted by molar-refractivity contribution is 7.71. The monoisotopic (exact) mass is 239 g/mol. The highest BCUT2D eigenvalue weighted by Gasteiger charge is 2.37. The van der Waals surface area contributed by atoms with E-state index in [9.17, 15) is 0 Å². The van der Waals surface area contributed by atoms with E-state index in [0.717, 1.165) is 23.4 Å². The summed E-state index contributed by atoms with van der Waals surface area (Å²) >= 11 is 5.37. The van der Waals surface area contributed by atoms with Gasteiger partial charge >= 0.3 is 0 Å². The van der Waals surface area contributed by atoms with Crippen LogP contribution in [0.15, 0.2) is 0 Å². The Labute approximate surface area is 102 Å². The SMILES string of the molecule is CCCc1n[nH]c(=S)n1C1CCCC1(C)C. The van der Waals surface area contributed by atoms with Crippen LogP contribution in [0.25, 0.3) is 0 Å². The molecule has 16 heavy (non-hydrogen) atoms. The summed E-state index contributed by atoms with van der Waals surface area (Å²) in [4.78, 5) is 0. The second kappa shape index (κ2) is 4.32. The molecule has 1 atom stereocenters. The lowest BCUT2D eigenvalue weighted by atomic mass is 9.87. The van der Waals surface area contributed by atoms with Crippen molar-refractivity contribution in [1.82, 2.24) is 14.8 Å². The number of H-pyrrole nitrogens is 1. The molecule has 1 saturated carbocycles. The lowest BCUT2D eigenvalue weighted by molar-refractivity contribution is 0.253. The third-order valence-electron chi connectivity index (χ3n) is 3.76. The minimum Gasteiger partial charge on any atom is -0.300 e. The summed E-state index contributed by atoms with van der Waals surface area (Å²) in [5.41, 5.74) is 0.352. The molecule has 1 N–H and O–H groups in total. The van der Waals surface area contributed by atoms with E-state index in [1.807, 2.05) is 0 Å². The first kappa shape index (κ1) is 11.8. The van der Waals surface area contributed by atoms with Crippen LogP contribution in [0.1, 0.15) is 58.3 Å². The zero-order valence-electron chi connectivity index (χ0n) is 10.4. The number of rotatable bonds is 3. The summed E-state index contributed by atoms with van der Waals surface area (Å²) in [5.74, 6) is 1.13. The van der Waals surface area contributed by atoms with Crippen molar-refractivity contribution in [2.45, 2.75) is 58.9 Å². The molecule has 0 saturated heterocycles. The van der Waals surface area contributed by atoms with Crippen LogP contribution in [0, 0.1) is 10.2 Å². The van der Waals surface area contributed by atoms with Gasteiger partial charge in [0.15, 0.2) is 4.77 Å². The highest BCUT2D eigenvalue weighted by Crippen LogP contribution is 2.46. The molecule has 0 amide bonds. The maximum atomic E-state index is 5.37. The number of nitrogens with one attached hydrogen (secondary N) is 1. The van der Waals surface area contributed by atoms with Crippen LogP contribution in [0.2, 0.25) is 0 Å². The van der Waals surface area contributed by atoms with Gasteiger partial charge in [0, 0.05) is 12.5 Å². The quantitative estimate of drug-likeness (QED) is 0.817. The standard InChI is InChI=1S/C12H21N3S/c1-4-6-10-13-14-11(16)15(10)9-7-5-8-12(9,2)3/h9H,4-8H2,1-3H3,(H,14,16). The van der Waals surface area contributed by atoms with Gasteiger partial charge in [0.05, 0.1) is 0 Å². The Hall–Kier alpha value is -0.640. The van der Waals surface area contributed by atoms with Crippen LogP contribution in [-0.4, -0.2) is 14.8 Å². The van der Waals surface area contributed by atoms with Gasteiger partial charge in [-0.3, -0.25) is 5.10 Å². The summed E-state index contributed by atoms with van der Waals surface area (Å²) in [6, 6.07) is 0.528. The van der Waals surface area contributed by atoms with E-state index < -0.39 is 0 Å². The number of hydrogen-bond donors (Lipinski definition) is 1. The molecule has 1 aliphatic carbocycles. The summed E-state index contributed by atoms with van der Waals surface area (Å²) in [6.07, 6.45) is 5.95. The van der Waals surface area contributed by atoms with E-state index in [0.29, 0.717) is 11.5 Å². The summed E-state index contributed by atoms with van der Waals surface area (Å²) in [5, 5.41) is 7.31. The van der Waals surface area contributed by atoms with Gasteiger partial charge < -0.3 is 4.57 Å². The Morgan fingerprint density at radius 3 is 2.88 bits per heavy atom. The second-order valence-corrected chi connectivity index (χ2v) is 5.85. The van der Waals surface area contributed by atoms with Crippen molar-refractivity contribution in [1.29, 1.82) is 0 Å². The first-order valence-corrected chi connectivity index (χ1v) is 6.63. The van der Waals surface area contributed by atoms with Crippen molar-refractivity contribution >= 4 is 12.2 Å². The van der Waals surface area contributed by atoms with Crippen LogP contribution in [-0.2, 0) is 6.42 Å². The zero-order valence-corrected chi connectivity index (χ0v) is 11.2. The molecule has 90 valence electrons. The fourth-order valence-electron chi connectivity index (χ4n) is 2.85. The molecule has 0 bridgehead atoms. The molecule has 0 radical (unpaired) electrons. The van der Waals surface area contributed by atoms with Crippen LogP contribution >= 0.6 is 12.2 Å². The number of aromatic amines is 1. The fourth-order valence-corrected chi connectivity index (χ4v) is 3.12. The van der Waals surface area contributed by atoms with Gasteiger partial charge in [-0.25, -0.2) is 0 Å². The van der Waals surface area contributed by atoms with E-state index in [4.69, 9.17) is 12.2 Å². The molecular weight excluding hydrogens is 218 g/mol. The number of aromatic nitrogens is 3. The molecule has 1 aliphatic rings. The maximum Gasteiger partial charge on any atom is 0.195 e. The Morgan fingerprint density at radius 1 is 1.56 bits per heavy atom. The van der Waals surface area contributed by atoms with E-state index in [1.165, 1.54) is 19.3 Å². The van der Waals surface area contributed by atoms with Crippen molar-refractivity contribution in [2.24, 2.45) is 5.41 Å². The highest BCUT2D eigenvalue weighted by atomic mass is 32.1. The molecule has 4 heteroatoms. The van der Waals surface area contributed by atoms with Crippen molar-refractivity contribution in [3.8, 4) is 0 Å². The molecule has 0 aliphatic heterocycles. The van der Waals surface area contributed by atoms with Gasteiger partial charge in [-0.1, -0.05) is 27.2 Å². The van der Waals surface area contributed by atoms with Crippen LogP contribution in [0.3, 0.4) is 0 Å². The molecule has 1 aromatic heterocycles. The average molecular weight is 239 g/mol. The van der Waals surface area contributed by atoms with Gasteiger partial charge in [0.1, 0.15) is 5.82 Å². The maximum absolute atomic E-state index is 5.37.